The minimum atomic E-state index is -0.712. The van der Waals surface area contributed by atoms with Gasteiger partial charge in [-0.25, -0.2) is 0 Å². The van der Waals surface area contributed by atoms with Gasteiger partial charge in [-0.2, -0.15) is 0 Å². The summed E-state index contributed by atoms with van der Waals surface area (Å²) in [7, 11) is 0. The maximum atomic E-state index is 11.9. The van der Waals surface area contributed by atoms with Crippen molar-refractivity contribution in [3.63, 3.8) is 0 Å². The predicted molar refractivity (Wildman–Crippen MR) is 70.2 cm³/mol. The van der Waals surface area contributed by atoms with Crippen LogP contribution >= 0.6 is 0 Å². The third kappa shape index (κ3) is 4.00. The van der Waals surface area contributed by atoms with Gasteiger partial charge in [0, 0.05) is 12.5 Å². The highest BCUT2D eigenvalue weighted by Gasteiger charge is 2.31. The molecule has 2 atom stereocenters. The zero-order valence-electron chi connectivity index (χ0n) is 11.4. The van der Waals surface area contributed by atoms with Crippen LogP contribution in [0.4, 0.5) is 0 Å². The first kappa shape index (κ1) is 15.0. The number of carboxylic acid groups (broad SMARTS) is 1. The van der Waals surface area contributed by atoms with Gasteiger partial charge >= 0.3 is 5.97 Å². The summed E-state index contributed by atoms with van der Waals surface area (Å²) >= 11 is 0. The van der Waals surface area contributed by atoms with E-state index in [-0.39, 0.29) is 23.7 Å². The first-order valence-corrected chi connectivity index (χ1v) is 7.10. The third-order valence-corrected chi connectivity index (χ3v) is 4.12. The van der Waals surface area contributed by atoms with E-state index in [9.17, 15) is 9.59 Å². The Balaban J connectivity index is 2.45. The van der Waals surface area contributed by atoms with Gasteiger partial charge in [0.05, 0.1) is 5.92 Å². The first-order chi connectivity index (χ1) is 8.60. The van der Waals surface area contributed by atoms with Gasteiger partial charge in [0.1, 0.15) is 0 Å². The van der Waals surface area contributed by atoms with Gasteiger partial charge in [-0.1, -0.05) is 26.7 Å². The number of rotatable bonds is 6. The Morgan fingerprint density at radius 2 is 1.83 bits per heavy atom. The first-order valence-electron chi connectivity index (χ1n) is 7.10. The molecule has 4 nitrogen and oxygen atoms in total. The number of nitrogens with one attached hydrogen (secondary N) is 1. The Morgan fingerprint density at radius 1 is 1.22 bits per heavy atom. The van der Waals surface area contributed by atoms with E-state index in [0.29, 0.717) is 6.54 Å². The lowest BCUT2D eigenvalue weighted by molar-refractivity contribution is -0.145. The van der Waals surface area contributed by atoms with Crippen LogP contribution < -0.4 is 5.32 Å². The second-order valence-electron chi connectivity index (χ2n) is 5.25. The quantitative estimate of drug-likeness (QED) is 0.766. The molecule has 1 aliphatic carbocycles. The molecule has 1 fully saturated rings. The highest BCUT2D eigenvalue weighted by molar-refractivity contribution is 5.78. The Morgan fingerprint density at radius 3 is 2.39 bits per heavy atom. The number of carboxylic acids is 1. The Bertz CT molecular complexity index is 287. The summed E-state index contributed by atoms with van der Waals surface area (Å²) in [6.07, 6.45) is 5.43. The summed E-state index contributed by atoms with van der Waals surface area (Å²) in [5.41, 5.74) is 0. The summed E-state index contributed by atoms with van der Waals surface area (Å²) in [5, 5.41) is 12.1. The van der Waals surface area contributed by atoms with Crippen molar-refractivity contribution in [1.29, 1.82) is 0 Å². The molecule has 0 radical (unpaired) electrons. The van der Waals surface area contributed by atoms with Crippen LogP contribution in [0.3, 0.4) is 0 Å². The third-order valence-electron chi connectivity index (χ3n) is 4.12. The van der Waals surface area contributed by atoms with Crippen LogP contribution in [0.15, 0.2) is 0 Å². The largest absolute Gasteiger partial charge is 0.481 e. The Hall–Kier alpha value is -1.06. The number of amides is 1. The molecule has 1 aliphatic rings. The molecular weight excluding hydrogens is 230 g/mol. The van der Waals surface area contributed by atoms with Gasteiger partial charge in [-0.15, -0.1) is 0 Å². The van der Waals surface area contributed by atoms with Gasteiger partial charge in [0.15, 0.2) is 0 Å². The number of hydrogen-bond donors (Lipinski definition) is 2. The molecule has 0 saturated heterocycles. The molecule has 0 heterocycles. The van der Waals surface area contributed by atoms with Crippen molar-refractivity contribution in [2.45, 2.75) is 52.4 Å². The van der Waals surface area contributed by atoms with Crippen LogP contribution in [0.1, 0.15) is 52.4 Å². The smallest absolute Gasteiger partial charge is 0.306 e. The lowest BCUT2D eigenvalue weighted by Crippen LogP contribution is -2.39. The fourth-order valence-electron chi connectivity index (χ4n) is 2.81. The zero-order chi connectivity index (χ0) is 13.5. The summed E-state index contributed by atoms with van der Waals surface area (Å²) in [6.45, 7) is 4.54. The molecule has 1 rings (SSSR count). The number of hydrogen-bond acceptors (Lipinski definition) is 2. The maximum Gasteiger partial charge on any atom is 0.306 e. The molecule has 1 saturated carbocycles. The van der Waals surface area contributed by atoms with Crippen molar-refractivity contribution in [2.24, 2.45) is 17.8 Å². The summed E-state index contributed by atoms with van der Waals surface area (Å²) < 4.78 is 0. The molecule has 0 bridgehead atoms. The summed E-state index contributed by atoms with van der Waals surface area (Å²) in [5.74, 6) is -0.738. The fourth-order valence-corrected chi connectivity index (χ4v) is 2.81. The van der Waals surface area contributed by atoms with Gasteiger partial charge < -0.3 is 10.4 Å². The monoisotopic (exact) mass is 255 g/mol. The molecule has 104 valence electrons. The summed E-state index contributed by atoms with van der Waals surface area (Å²) in [4.78, 5) is 23.0. The number of carbonyl (C=O) groups excluding carboxylic acids is 1. The van der Waals surface area contributed by atoms with Crippen LogP contribution in [-0.2, 0) is 9.59 Å². The molecule has 0 aliphatic heterocycles. The van der Waals surface area contributed by atoms with E-state index in [1.54, 1.807) is 0 Å². The fraction of sp³-hybridized carbons (Fsp3) is 0.857. The molecular formula is C14H25NO3. The van der Waals surface area contributed by atoms with Crippen LogP contribution in [0, 0.1) is 17.8 Å². The highest BCUT2D eigenvalue weighted by Crippen LogP contribution is 2.29. The van der Waals surface area contributed by atoms with Crippen LogP contribution in [-0.4, -0.2) is 23.5 Å². The van der Waals surface area contributed by atoms with Gasteiger partial charge in [0.2, 0.25) is 5.91 Å². The summed E-state index contributed by atoms with van der Waals surface area (Å²) in [6, 6.07) is 0. The van der Waals surface area contributed by atoms with E-state index < -0.39 is 5.97 Å². The topological polar surface area (TPSA) is 66.4 Å². The average molecular weight is 255 g/mol. The Kier molecular flexibility index (Phi) is 6.16. The van der Waals surface area contributed by atoms with E-state index in [1.165, 1.54) is 0 Å². The van der Waals surface area contributed by atoms with E-state index in [1.807, 2.05) is 13.8 Å². The molecule has 0 spiro atoms. The minimum Gasteiger partial charge on any atom is -0.481 e. The van der Waals surface area contributed by atoms with Gasteiger partial charge in [-0.05, 0) is 31.6 Å². The normalized spacial score (nSPS) is 23.9. The predicted octanol–water partition coefficient (Wildman–Crippen LogP) is 2.43. The van der Waals surface area contributed by atoms with Gasteiger partial charge in [-0.3, -0.25) is 9.59 Å². The van der Waals surface area contributed by atoms with E-state index >= 15 is 0 Å². The van der Waals surface area contributed by atoms with Crippen LogP contribution in [0.2, 0.25) is 0 Å². The minimum absolute atomic E-state index is 0.0665. The zero-order valence-corrected chi connectivity index (χ0v) is 11.4. The van der Waals surface area contributed by atoms with Crippen molar-refractivity contribution in [3.8, 4) is 0 Å². The molecule has 18 heavy (non-hydrogen) atoms. The van der Waals surface area contributed by atoms with Gasteiger partial charge in [0.25, 0.3) is 0 Å². The molecule has 0 aromatic carbocycles. The van der Waals surface area contributed by atoms with Crippen molar-refractivity contribution >= 4 is 11.9 Å². The molecule has 2 N–H and O–H groups in total. The van der Waals surface area contributed by atoms with E-state index in [2.05, 4.69) is 5.32 Å². The Labute approximate surface area is 109 Å². The van der Waals surface area contributed by atoms with Crippen LogP contribution in [0.25, 0.3) is 0 Å². The van der Waals surface area contributed by atoms with Crippen molar-refractivity contribution in [3.05, 3.63) is 0 Å². The SMILES string of the molecule is CCC(CC)C(=O)NC[C@@H]1CCCC[C@@H]1C(=O)O. The molecule has 0 unspecified atom stereocenters. The van der Waals surface area contributed by atoms with Crippen molar-refractivity contribution in [1.82, 2.24) is 5.32 Å². The average Bonchev–Trinajstić information content (AvgIpc) is 2.38. The van der Waals surface area contributed by atoms with E-state index in [0.717, 1.165) is 38.5 Å². The van der Waals surface area contributed by atoms with E-state index in [4.69, 9.17) is 5.11 Å². The highest BCUT2D eigenvalue weighted by atomic mass is 16.4. The lowest BCUT2D eigenvalue weighted by atomic mass is 9.79. The maximum absolute atomic E-state index is 11.9. The number of carbonyl (C=O) groups is 2. The number of aliphatic carboxylic acids is 1. The van der Waals surface area contributed by atoms with Crippen molar-refractivity contribution in [2.75, 3.05) is 6.54 Å². The molecule has 0 aromatic rings. The molecule has 1 amide bonds. The second kappa shape index (κ2) is 7.39. The van der Waals surface area contributed by atoms with Crippen molar-refractivity contribution < 1.29 is 14.7 Å². The molecule has 4 heteroatoms. The van der Waals surface area contributed by atoms with Crippen LogP contribution in [0.5, 0.6) is 0 Å². The lowest BCUT2D eigenvalue weighted by Gasteiger charge is -2.29. The second-order valence-corrected chi connectivity index (χ2v) is 5.25. The molecule has 0 aromatic heterocycles. The standard InChI is InChI=1S/C14H25NO3/c1-3-10(4-2)13(16)15-9-11-7-5-6-8-12(11)14(17)18/h10-12H,3-9H2,1-2H3,(H,15,16)(H,17,18)/t11-,12-/m0/s1.